The standard InChI is InChI=1S/C39H32N4O2/c1-39(2,3)27-22-23-40-38(24-27)41-34-17-8-7-16-32(34)33-21-20-31(26-37(33)41)44-30-15-11-14-29(25-30)43-36-19-10-9-18-35(36)42(45-43)28-12-5-4-6-13-28/h4-26H,1-3H3. The summed E-state index contributed by atoms with van der Waals surface area (Å²) in [6.07, 6.45) is 1.90. The molecule has 0 saturated carbocycles. The van der Waals surface area contributed by atoms with Crippen LogP contribution in [0.1, 0.15) is 26.3 Å². The largest absolute Gasteiger partial charge is 0.457 e. The lowest BCUT2D eigenvalue weighted by Gasteiger charge is -2.20. The van der Waals surface area contributed by atoms with Gasteiger partial charge >= 0.3 is 0 Å². The monoisotopic (exact) mass is 588 g/mol. The molecular weight excluding hydrogens is 556 g/mol. The molecule has 0 spiro atoms. The first kappa shape index (κ1) is 27.0. The third-order valence-corrected chi connectivity index (χ3v) is 8.25. The number of pyridine rings is 1. The number of anilines is 4. The van der Waals surface area contributed by atoms with Crippen molar-refractivity contribution in [3.05, 3.63) is 145 Å². The number of para-hydroxylation sites is 4. The summed E-state index contributed by atoms with van der Waals surface area (Å²) in [7, 11) is 0. The Labute approximate surface area is 262 Å². The molecule has 0 amide bonds. The predicted octanol–water partition coefficient (Wildman–Crippen LogP) is 10.4. The van der Waals surface area contributed by atoms with E-state index in [2.05, 4.69) is 86.0 Å². The van der Waals surface area contributed by atoms with E-state index in [1.807, 2.05) is 89.1 Å². The number of ether oxygens (including phenoxy) is 1. The van der Waals surface area contributed by atoms with Gasteiger partial charge in [-0.15, -0.1) is 4.94 Å². The van der Waals surface area contributed by atoms with Gasteiger partial charge in [-0.1, -0.05) is 75.4 Å². The van der Waals surface area contributed by atoms with E-state index in [-0.39, 0.29) is 5.41 Å². The maximum atomic E-state index is 6.52. The summed E-state index contributed by atoms with van der Waals surface area (Å²) in [5.74, 6) is 2.34. The van der Waals surface area contributed by atoms with E-state index in [1.165, 1.54) is 10.9 Å². The van der Waals surface area contributed by atoms with Crippen LogP contribution in [0.25, 0.3) is 27.6 Å². The number of hydrogen-bond donors (Lipinski definition) is 0. The molecule has 2 aromatic heterocycles. The van der Waals surface area contributed by atoms with Crippen molar-refractivity contribution in [3.63, 3.8) is 0 Å². The van der Waals surface area contributed by atoms with Gasteiger partial charge in [-0.3, -0.25) is 4.57 Å². The minimum atomic E-state index is 0.00738. The Morgan fingerprint density at radius 1 is 0.578 bits per heavy atom. The van der Waals surface area contributed by atoms with Gasteiger partial charge in [0.05, 0.1) is 33.8 Å². The van der Waals surface area contributed by atoms with Gasteiger partial charge in [0.1, 0.15) is 17.3 Å². The smallest absolute Gasteiger partial charge is 0.137 e. The van der Waals surface area contributed by atoms with Crippen molar-refractivity contribution in [2.24, 2.45) is 0 Å². The Morgan fingerprint density at radius 2 is 1.24 bits per heavy atom. The Bertz CT molecular complexity index is 2180. The van der Waals surface area contributed by atoms with Gasteiger partial charge < -0.3 is 4.74 Å². The van der Waals surface area contributed by atoms with Crippen molar-refractivity contribution in [2.45, 2.75) is 26.2 Å². The van der Waals surface area contributed by atoms with E-state index in [9.17, 15) is 0 Å². The van der Waals surface area contributed by atoms with Crippen molar-refractivity contribution in [3.8, 4) is 17.3 Å². The lowest BCUT2D eigenvalue weighted by molar-refractivity contribution is 0.156. The van der Waals surface area contributed by atoms with E-state index in [1.54, 1.807) is 0 Å². The quantitative estimate of drug-likeness (QED) is 0.200. The van der Waals surface area contributed by atoms with Crippen molar-refractivity contribution in [2.75, 3.05) is 10.1 Å². The molecule has 0 aliphatic carbocycles. The van der Waals surface area contributed by atoms with Crippen molar-refractivity contribution in [1.82, 2.24) is 9.55 Å². The maximum absolute atomic E-state index is 6.52. The maximum Gasteiger partial charge on any atom is 0.137 e. The van der Waals surface area contributed by atoms with Crippen molar-refractivity contribution in [1.29, 1.82) is 0 Å². The van der Waals surface area contributed by atoms with Gasteiger partial charge in [0.15, 0.2) is 0 Å². The highest BCUT2D eigenvalue weighted by Crippen LogP contribution is 2.45. The fourth-order valence-electron chi connectivity index (χ4n) is 5.99. The van der Waals surface area contributed by atoms with E-state index in [0.29, 0.717) is 5.75 Å². The number of rotatable bonds is 5. The van der Waals surface area contributed by atoms with Crippen LogP contribution in [-0.2, 0) is 10.4 Å². The van der Waals surface area contributed by atoms with Crippen LogP contribution in [0, 0.1) is 0 Å². The molecule has 0 N–H and O–H groups in total. The molecule has 0 radical (unpaired) electrons. The minimum absolute atomic E-state index is 0.00738. The highest BCUT2D eigenvalue weighted by atomic mass is 16.8. The summed E-state index contributed by atoms with van der Waals surface area (Å²) in [6, 6.07) is 45.2. The number of benzene rings is 5. The average Bonchev–Trinajstić information content (AvgIpc) is 3.61. The van der Waals surface area contributed by atoms with Crippen LogP contribution < -0.4 is 14.9 Å². The SMILES string of the molecule is CC(C)(C)c1ccnc(-n2c3ccccc3c3ccc(Oc4cccc(N5ON(c6ccccc6)c6ccccc65)c4)cc32)c1. The zero-order valence-corrected chi connectivity index (χ0v) is 25.4. The topological polar surface area (TPSA) is 42.8 Å². The molecule has 8 rings (SSSR count). The van der Waals surface area contributed by atoms with Crippen molar-refractivity contribution >= 4 is 44.6 Å². The molecule has 45 heavy (non-hydrogen) atoms. The highest BCUT2D eigenvalue weighted by molar-refractivity contribution is 6.09. The average molecular weight is 589 g/mol. The van der Waals surface area contributed by atoms with Gasteiger partial charge in [-0.25, -0.2) is 4.98 Å². The molecule has 7 aromatic rings. The molecule has 0 bridgehead atoms. The molecule has 5 aromatic carbocycles. The molecule has 0 saturated heterocycles. The summed E-state index contributed by atoms with van der Waals surface area (Å²) in [6.45, 7) is 6.68. The van der Waals surface area contributed by atoms with Crippen LogP contribution >= 0.6 is 0 Å². The molecule has 1 aliphatic rings. The van der Waals surface area contributed by atoms with E-state index >= 15 is 0 Å². The fraction of sp³-hybridized carbons (Fsp3) is 0.103. The van der Waals surface area contributed by atoms with Crippen LogP contribution in [0.4, 0.5) is 22.7 Å². The van der Waals surface area contributed by atoms with Gasteiger partial charge in [-0.2, -0.15) is 10.1 Å². The van der Waals surface area contributed by atoms with Gasteiger partial charge in [0.2, 0.25) is 0 Å². The van der Waals surface area contributed by atoms with Crippen LogP contribution in [-0.4, -0.2) is 9.55 Å². The van der Waals surface area contributed by atoms with Crippen LogP contribution in [0.5, 0.6) is 11.5 Å². The van der Waals surface area contributed by atoms with Crippen LogP contribution in [0.3, 0.4) is 0 Å². The molecular formula is C39H32N4O2. The van der Waals surface area contributed by atoms with Gasteiger partial charge in [0, 0.05) is 29.1 Å². The minimum Gasteiger partial charge on any atom is -0.457 e. The molecule has 1 aliphatic heterocycles. The van der Waals surface area contributed by atoms with Crippen molar-refractivity contribution < 1.29 is 9.68 Å². The molecule has 6 nitrogen and oxygen atoms in total. The number of nitrogens with zero attached hydrogens (tertiary/aromatic N) is 4. The second-order valence-electron chi connectivity index (χ2n) is 12.3. The third kappa shape index (κ3) is 4.76. The fourth-order valence-corrected chi connectivity index (χ4v) is 5.99. The summed E-state index contributed by atoms with van der Waals surface area (Å²) in [5, 5.41) is 6.01. The Hall–Kier alpha value is -5.59. The third-order valence-electron chi connectivity index (χ3n) is 8.25. The molecule has 6 heteroatoms. The Kier molecular flexibility index (Phi) is 6.32. The summed E-state index contributed by atoms with van der Waals surface area (Å²) in [5.41, 5.74) is 7.12. The van der Waals surface area contributed by atoms with E-state index in [4.69, 9.17) is 14.7 Å². The first-order valence-corrected chi connectivity index (χ1v) is 15.1. The normalized spacial score (nSPS) is 13.0. The second-order valence-corrected chi connectivity index (χ2v) is 12.3. The first-order valence-electron chi connectivity index (χ1n) is 15.1. The van der Waals surface area contributed by atoms with Crippen LogP contribution in [0.2, 0.25) is 0 Å². The van der Waals surface area contributed by atoms with Gasteiger partial charge in [-0.05, 0) is 77.7 Å². The molecule has 220 valence electrons. The highest BCUT2D eigenvalue weighted by Gasteiger charge is 2.30. The summed E-state index contributed by atoms with van der Waals surface area (Å²) >= 11 is 0. The Balaban J connectivity index is 1.17. The lowest BCUT2D eigenvalue weighted by Crippen LogP contribution is -2.20. The van der Waals surface area contributed by atoms with E-state index < -0.39 is 0 Å². The zero-order valence-electron chi connectivity index (χ0n) is 25.4. The molecule has 0 fully saturated rings. The number of aromatic nitrogens is 2. The number of fused-ring (bicyclic) bond motifs is 4. The number of hydrogen-bond acceptors (Lipinski definition) is 5. The summed E-state index contributed by atoms with van der Waals surface area (Å²) in [4.78, 5) is 11.2. The first-order chi connectivity index (χ1) is 21.9. The lowest BCUT2D eigenvalue weighted by atomic mass is 9.88. The zero-order chi connectivity index (χ0) is 30.5. The van der Waals surface area contributed by atoms with Crippen LogP contribution in [0.15, 0.2) is 140 Å². The molecule has 3 heterocycles. The molecule has 0 unspecified atom stereocenters. The van der Waals surface area contributed by atoms with Gasteiger partial charge in [0.25, 0.3) is 0 Å². The second kappa shape index (κ2) is 10.5. The Morgan fingerprint density at radius 3 is 2.04 bits per heavy atom. The predicted molar refractivity (Wildman–Crippen MR) is 182 cm³/mol. The summed E-state index contributed by atoms with van der Waals surface area (Å²) < 4.78 is 8.75. The van der Waals surface area contributed by atoms with E-state index in [0.717, 1.165) is 50.7 Å². The molecule has 0 atom stereocenters.